The number of allylic oxidation sites excluding steroid dienone is 2. The van der Waals surface area contributed by atoms with Gasteiger partial charge in [0.1, 0.15) is 4.60 Å². The van der Waals surface area contributed by atoms with Crippen molar-refractivity contribution in [2.75, 3.05) is 66.7 Å². The molecule has 0 spiro atoms. The quantitative estimate of drug-likeness (QED) is 0.104. The monoisotopic (exact) mass is 840 g/mol. The molecule has 0 atom stereocenters. The maximum Gasteiger partial charge on any atom is 0.291 e. The molecule has 2 aromatic carbocycles. The molecule has 15 heteroatoms. The van der Waals surface area contributed by atoms with Gasteiger partial charge in [-0.05, 0) is 134 Å². The standard InChI is InChI=1S/C24H31N5O2.C18H22BrN5O2/c1-30-17-7-14-28-15-12-19(13-16-28)23-25-24(27-31-23)29-21-11-6-5-10-20(21)22(26-29)18-8-3-2-4-9-18;1-25-12-4-9-23-10-7-13(8-11-23)17-20-18(22-26-17)24-15-6-3-2-5-14(15)16(19)21-24/h5-6,8,10-11,19H,2-4,7,9,12-17H2,1H3;2-3,5-6,13H,4,7-12H2,1H3. The number of benzene rings is 2. The molecule has 0 radical (unpaired) electrons. The van der Waals surface area contributed by atoms with Crippen molar-refractivity contribution in [3.05, 3.63) is 76.7 Å². The smallest absolute Gasteiger partial charge is 0.291 e. The van der Waals surface area contributed by atoms with Crippen molar-refractivity contribution in [2.45, 2.75) is 76.0 Å². The Bertz CT molecular complexity index is 2230. The molecule has 1 aliphatic carbocycles. The van der Waals surface area contributed by atoms with Gasteiger partial charge < -0.3 is 28.3 Å². The number of nitrogens with zero attached hydrogens (tertiary/aromatic N) is 10. The molecule has 3 aliphatic rings. The summed E-state index contributed by atoms with van der Waals surface area (Å²) in [5, 5.41) is 20.1. The molecular weight excluding hydrogens is 788 g/mol. The number of hydrogen-bond donors (Lipinski definition) is 0. The second kappa shape index (κ2) is 19.0. The van der Waals surface area contributed by atoms with Crippen LogP contribution in [-0.2, 0) is 9.47 Å². The van der Waals surface area contributed by atoms with Crippen LogP contribution in [0.2, 0.25) is 0 Å². The van der Waals surface area contributed by atoms with E-state index in [1.54, 1.807) is 18.9 Å². The van der Waals surface area contributed by atoms with Crippen molar-refractivity contribution in [3.63, 3.8) is 0 Å². The Morgan fingerprint density at radius 2 is 1.21 bits per heavy atom. The van der Waals surface area contributed by atoms with Crippen molar-refractivity contribution >= 4 is 43.3 Å². The molecule has 0 amide bonds. The summed E-state index contributed by atoms with van der Waals surface area (Å²) in [4.78, 5) is 14.4. The van der Waals surface area contributed by atoms with Crippen molar-refractivity contribution < 1.29 is 18.5 Å². The lowest BCUT2D eigenvalue weighted by Crippen LogP contribution is -2.34. The first-order valence-corrected chi connectivity index (χ1v) is 21.3. The summed E-state index contributed by atoms with van der Waals surface area (Å²) in [7, 11) is 3.51. The SMILES string of the molecule is COCCCN1CCC(c2nc(-n3nc(Br)c4ccccc43)no2)CC1.COCCCN1CCC(c2nc(-n3nc(C4=CCCCC4)c4ccccc43)no2)CC1. The summed E-state index contributed by atoms with van der Waals surface area (Å²) in [5.74, 6) is 3.13. The third kappa shape index (κ3) is 9.23. The Morgan fingerprint density at radius 3 is 1.75 bits per heavy atom. The van der Waals surface area contributed by atoms with Gasteiger partial charge in [0.2, 0.25) is 11.8 Å². The highest BCUT2D eigenvalue weighted by atomic mass is 79.9. The minimum Gasteiger partial charge on any atom is -0.385 e. The van der Waals surface area contributed by atoms with E-state index in [1.165, 1.54) is 18.4 Å². The van der Waals surface area contributed by atoms with Gasteiger partial charge in [0.05, 0.1) is 16.7 Å². The van der Waals surface area contributed by atoms with Crippen LogP contribution >= 0.6 is 15.9 Å². The van der Waals surface area contributed by atoms with Gasteiger partial charge in [0.15, 0.2) is 0 Å². The molecule has 4 aromatic heterocycles. The number of piperidine rings is 2. The maximum absolute atomic E-state index is 5.72. The predicted molar refractivity (Wildman–Crippen MR) is 222 cm³/mol. The van der Waals surface area contributed by atoms with Crippen LogP contribution < -0.4 is 0 Å². The molecule has 9 rings (SSSR count). The van der Waals surface area contributed by atoms with Gasteiger partial charge in [0, 0.05) is 63.1 Å². The van der Waals surface area contributed by atoms with E-state index in [9.17, 15) is 0 Å². The van der Waals surface area contributed by atoms with E-state index in [0.29, 0.717) is 29.6 Å². The molecule has 0 unspecified atom stereocenters. The topological polar surface area (TPSA) is 138 Å². The number of rotatable bonds is 13. The molecule has 2 fully saturated rings. The third-order valence-corrected chi connectivity index (χ3v) is 12.1. The molecule has 0 bridgehead atoms. The fourth-order valence-corrected chi connectivity index (χ4v) is 8.81. The summed E-state index contributed by atoms with van der Waals surface area (Å²) in [6, 6.07) is 16.3. The molecule has 57 heavy (non-hydrogen) atoms. The summed E-state index contributed by atoms with van der Waals surface area (Å²) in [6.45, 7) is 8.06. The first-order chi connectivity index (χ1) is 28.1. The lowest BCUT2D eigenvalue weighted by atomic mass is 9.96. The largest absolute Gasteiger partial charge is 0.385 e. The molecule has 2 saturated heterocycles. The summed E-state index contributed by atoms with van der Waals surface area (Å²) >= 11 is 3.50. The number of halogens is 1. The average Bonchev–Trinajstić information content (AvgIpc) is 4.08. The van der Waals surface area contributed by atoms with Crippen LogP contribution in [0.4, 0.5) is 0 Å². The first kappa shape index (κ1) is 39.5. The van der Waals surface area contributed by atoms with Gasteiger partial charge >= 0.3 is 0 Å². The van der Waals surface area contributed by atoms with E-state index in [0.717, 1.165) is 142 Å². The van der Waals surface area contributed by atoms with Crippen LogP contribution in [0.1, 0.15) is 93.5 Å². The Balaban J connectivity index is 0.000000162. The highest BCUT2D eigenvalue weighted by Gasteiger charge is 2.28. The predicted octanol–water partition coefficient (Wildman–Crippen LogP) is 7.97. The van der Waals surface area contributed by atoms with E-state index in [1.807, 2.05) is 35.0 Å². The number of aromatic nitrogens is 8. The van der Waals surface area contributed by atoms with Crippen molar-refractivity contribution in [2.24, 2.45) is 0 Å². The van der Waals surface area contributed by atoms with E-state index in [-0.39, 0.29) is 0 Å². The van der Waals surface area contributed by atoms with E-state index in [4.69, 9.17) is 28.6 Å². The minimum absolute atomic E-state index is 0.320. The average molecular weight is 842 g/mol. The second-order valence-corrected chi connectivity index (χ2v) is 16.0. The van der Waals surface area contributed by atoms with Gasteiger partial charge in [-0.1, -0.05) is 42.5 Å². The number of para-hydroxylation sites is 2. The highest BCUT2D eigenvalue weighted by molar-refractivity contribution is 9.10. The van der Waals surface area contributed by atoms with Crippen molar-refractivity contribution in [3.8, 4) is 11.9 Å². The van der Waals surface area contributed by atoms with E-state index < -0.39 is 0 Å². The zero-order valence-corrected chi connectivity index (χ0v) is 34.6. The second-order valence-electron chi connectivity index (χ2n) is 15.3. The number of ether oxygens (including phenoxy) is 2. The molecule has 2 aliphatic heterocycles. The van der Waals surface area contributed by atoms with Crippen LogP contribution in [-0.4, -0.2) is 116 Å². The number of likely N-dealkylation sites (tertiary alicyclic amines) is 2. The van der Waals surface area contributed by atoms with Crippen molar-refractivity contribution in [1.82, 2.24) is 49.6 Å². The highest BCUT2D eigenvalue weighted by Crippen LogP contribution is 2.34. The molecule has 6 aromatic rings. The van der Waals surface area contributed by atoms with Crippen LogP contribution in [0.3, 0.4) is 0 Å². The lowest BCUT2D eigenvalue weighted by Gasteiger charge is -2.30. The van der Waals surface area contributed by atoms with Crippen LogP contribution in [0.25, 0.3) is 39.3 Å². The fourth-order valence-electron chi connectivity index (χ4n) is 8.32. The summed E-state index contributed by atoms with van der Waals surface area (Å²) < 4.78 is 26.0. The van der Waals surface area contributed by atoms with Gasteiger partial charge in [-0.25, -0.2) is 0 Å². The van der Waals surface area contributed by atoms with Gasteiger partial charge in [0.25, 0.3) is 11.9 Å². The lowest BCUT2D eigenvalue weighted by molar-refractivity contribution is 0.152. The Morgan fingerprint density at radius 1 is 0.684 bits per heavy atom. The maximum atomic E-state index is 5.72. The van der Waals surface area contributed by atoms with Crippen LogP contribution in [0.5, 0.6) is 0 Å². The minimum atomic E-state index is 0.320. The first-order valence-electron chi connectivity index (χ1n) is 20.5. The number of fused-ring (bicyclic) bond motifs is 2. The van der Waals surface area contributed by atoms with Gasteiger partial charge in [-0.3, -0.25) is 0 Å². The fraction of sp³-hybridized carbons (Fsp3) is 0.524. The molecule has 302 valence electrons. The third-order valence-electron chi connectivity index (χ3n) is 11.5. The molecular formula is C42H53BrN10O4. The molecule has 0 saturated carbocycles. The Kier molecular flexibility index (Phi) is 13.2. The molecule has 14 nitrogen and oxygen atoms in total. The normalized spacial score (nSPS) is 17.6. The zero-order chi connectivity index (χ0) is 39.0. The molecule has 6 heterocycles. The van der Waals surface area contributed by atoms with Crippen LogP contribution in [0, 0.1) is 0 Å². The summed E-state index contributed by atoms with van der Waals surface area (Å²) in [5.41, 5.74) is 4.39. The van der Waals surface area contributed by atoms with E-state index >= 15 is 0 Å². The van der Waals surface area contributed by atoms with Crippen LogP contribution in [0.15, 0.2) is 68.3 Å². The van der Waals surface area contributed by atoms with Crippen molar-refractivity contribution in [1.29, 1.82) is 0 Å². The number of hydrogen-bond acceptors (Lipinski definition) is 12. The Hall–Kier alpha value is -4.28. The molecule has 0 N–H and O–H groups in total. The number of methoxy groups -OCH3 is 2. The van der Waals surface area contributed by atoms with Gasteiger partial charge in [-0.15, -0.1) is 0 Å². The van der Waals surface area contributed by atoms with E-state index in [2.05, 4.69) is 70.4 Å². The Labute approximate surface area is 341 Å². The van der Waals surface area contributed by atoms with Gasteiger partial charge in [-0.2, -0.15) is 29.5 Å². The summed E-state index contributed by atoms with van der Waals surface area (Å²) in [6.07, 6.45) is 13.4. The zero-order valence-electron chi connectivity index (χ0n) is 33.1.